The summed E-state index contributed by atoms with van der Waals surface area (Å²) in [7, 11) is -3.39. The lowest BCUT2D eigenvalue weighted by atomic mass is 9.80. The third-order valence-electron chi connectivity index (χ3n) is 4.07. The normalized spacial score (nSPS) is 21.3. The molecule has 0 bridgehead atoms. The molecule has 1 aromatic rings. The van der Waals surface area contributed by atoms with Crippen molar-refractivity contribution in [2.24, 2.45) is 11.3 Å². The highest BCUT2D eigenvalue weighted by Crippen LogP contribution is 2.35. The number of rotatable bonds is 3. The van der Waals surface area contributed by atoms with E-state index in [1.165, 1.54) is 0 Å². The van der Waals surface area contributed by atoms with E-state index in [0.717, 1.165) is 12.0 Å². The Bertz CT molecular complexity index is 578. The van der Waals surface area contributed by atoms with Crippen LogP contribution in [0.3, 0.4) is 0 Å². The molecule has 5 heteroatoms. The van der Waals surface area contributed by atoms with E-state index in [1.54, 1.807) is 22.5 Å². The first-order valence-electron chi connectivity index (χ1n) is 6.90. The zero-order valence-corrected chi connectivity index (χ0v) is 13.8. The second-order valence-electron chi connectivity index (χ2n) is 6.50. The van der Waals surface area contributed by atoms with Crippen LogP contribution in [0.2, 0.25) is 0 Å². The third kappa shape index (κ3) is 3.18. The fraction of sp³-hybridized carbons (Fsp3) is 0.600. The molecule has 1 aromatic carbocycles. The molecule has 0 N–H and O–H groups in total. The lowest BCUT2D eigenvalue weighted by molar-refractivity contribution is 0.252. The van der Waals surface area contributed by atoms with E-state index in [4.69, 9.17) is 11.6 Å². The van der Waals surface area contributed by atoms with Gasteiger partial charge in [0, 0.05) is 19.0 Å². The molecule has 1 saturated heterocycles. The smallest absolute Gasteiger partial charge is 0.207 e. The van der Waals surface area contributed by atoms with Crippen molar-refractivity contribution < 1.29 is 8.42 Å². The molecule has 1 heterocycles. The lowest BCUT2D eigenvalue weighted by Gasteiger charge is -2.26. The van der Waals surface area contributed by atoms with Crippen LogP contribution in [0.15, 0.2) is 29.2 Å². The summed E-state index contributed by atoms with van der Waals surface area (Å²) in [5.41, 5.74) is 0.974. The van der Waals surface area contributed by atoms with Crippen molar-refractivity contribution in [1.29, 1.82) is 0 Å². The number of alkyl halides is 1. The Kier molecular flexibility index (Phi) is 4.47. The second-order valence-corrected chi connectivity index (χ2v) is 8.70. The SMILES string of the molecule is CC(C)(C)C1CCN(S(=O)(=O)c2cccc(CCl)c2)C1. The maximum absolute atomic E-state index is 12.7. The molecule has 3 nitrogen and oxygen atoms in total. The van der Waals surface area contributed by atoms with Crippen LogP contribution in [0.1, 0.15) is 32.8 Å². The minimum atomic E-state index is -3.39. The van der Waals surface area contributed by atoms with E-state index >= 15 is 0 Å². The minimum Gasteiger partial charge on any atom is -0.207 e. The van der Waals surface area contributed by atoms with Crippen molar-refractivity contribution in [2.45, 2.75) is 38.0 Å². The van der Waals surface area contributed by atoms with Crippen LogP contribution in [0.5, 0.6) is 0 Å². The van der Waals surface area contributed by atoms with Gasteiger partial charge in [-0.2, -0.15) is 4.31 Å². The van der Waals surface area contributed by atoms with Gasteiger partial charge in [0.25, 0.3) is 0 Å². The predicted octanol–water partition coefficient (Wildman–Crippen LogP) is 3.48. The molecule has 1 aliphatic heterocycles. The van der Waals surface area contributed by atoms with Gasteiger partial charge in [-0.25, -0.2) is 8.42 Å². The van der Waals surface area contributed by atoms with Crippen molar-refractivity contribution in [3.8, 4) is 0 Å². The number of sulfonamides is 1. The van der Waals surface area contributed by atoms with Crippen LogP contribution in [-0.2, 0) is 15.9 Å². The Morgan fingerprint density at radius 3 is 2.60 bits per heavy atom. The Morgan fingerprint density at radius 2 is 2.05 bits per heavy atom. The van der Waals surface area contributed by atoms with Gasteiger partial charge in [0.15, 0.2) is 0 Å². The van der Waals surface area contributed by atoms with Crippen molar-refractivity contribution in [2.75, 3.05) is 13.1 Å². The largest absolute Gasteiger partial charge is 0.243 e. The fourth-order valence-electron chi connectivity index (χ4n) is 2.59. The van der Waals surface area contributed by atoms with Gasteiger partial charge in [0.2, 0.25) is 10.0 Å². The molecule has 0 radical (unpaired) electrons. The summed E-state index contributed by atoms with van der Waals surface area (Å²) in [5, 5.41) is 0. The molecule has 1 unspecified atom stereocenters. The van der Waals surface area contributed by atoms with E-state index in [9.17, 15) is 8.42 Å². The molecule has 0 amide bonds. The van der Waals surface area contributed by atoms with Crippen LogP contribution >= 0.6 is 11.6 Å². The van der Waals surface area contributed by atoms with Gasteiger partial charge < -0.3 is 0 Å². The molecule has 0 aromatic heterocycles. The second kappa shape index (κ2) is 5.66. The summed E-state index contributed by atoms with van der Waals surface area (Å²) in [5.74, 6) is 0.738. The highest BCUT2D eigenvalue weighted by molar-refractivity contribution is 7.89. The average molecular weight is 316 g/mol. The molecule has 1 atom stereocenters. The minimum absolute atomic E-state index is 0.141. The quantitative estimate of drug-likeness (QED) is 0.801. The van der Waals surface area contributed by atoms with E-state index in [0.29, 0.717) is 29.8 Å². The third-order valence-corrected chi connectivity index (χ3v) is 6.24. The molecule has 112 valence electrons. The first kappa shape index (κ1) is 15.8. The zero-order chi connectivity index (χ0) is 15.0. The number of nitrogens with zero attached hydrogens (tertiary/aromatic N) is 1. The fourth-order valence-corrected chi connectivity index (χ4v) is 4.33. The molecule has 2 rings (SSSR count). The molecule has 20 heavy (non-hydrogen) atoms. The molecular weight excluding hydrogens is 294 g/mol. The topological polar surface area (TPSA) is 37.4 Å². The van der Waals surface area contributed by atoms with Crippen LogP contribution in [-0.4, -0.2) is 25.8 Å². The van der Waals surface area contributed by atoms with Crippen molar-refractivity contribution in [1.82, 2.24) is 4.31 Å². The van der Waals surface area contributed by atoms with E-state index < -0.39 is 10.0 Å². The van der Waals surface area contributed by atoms with Gasteiger partial charge >= 0.3 is 0 Å². The van der Waals surface area contributed by atoms with Crippen molar-refractivity contribution in [3.05, 3.63) is 29.8 Å². The Labute approximate surface area is 127 Å². The number of halogens is 1. The van der Waals surface area contributed by atoms with Gasteiger partial charge in [-0.1, -0.05) is 32.9 Å². The monoisotopic (exact) mass is 315 g/mol. The Balaban J connectivity index is 2.23. The summed E-state index contributed by atoms with van der Waals surface area (Å²) < 4.78 is 26.9. The number of hydrogen-bond acceptors (Lipinski definition) is 2. The van der Waals surface area contributed by atoms with Gasteiger partial charge in [-0.3, -0.25) is 0 Å². The van der Waals surface area contributed by atoms with Crippen LogP contribution in [0, 0.1) is 11.3 Å². The summed E-state index contributed by atoms with van der Waals surface area (Å²) in [4.78, 5) is 0.352. The molecule has 0 aliphatic carbocycles. The molecular formula is C15H22ClNO2S. The number of benzene rings is 1. The summed E-state index contributed by atoms with van der Waals surface area (Å²) >= 11 is 5.78. The van der Waals surface area contributed by atoms with Crippen molar-refractivity contribution in [3.63, 3.8) is 0 Å². The lowest BCUT2D eigenvalue weighted by Crippen LogP contribution is -2.31. The molecule has 1 aliphatic rings. The van der Waals surface area contributed by atoms with Crippen LogP contribution in [0.4, 0.5) is 0 Å². The maximum Gasteiger partial charge on any atom is 0.243 e. The molecule has 1 fully saturated rings. The predicted molar refractivity (Wildman–Crippen MR) is 82.3 cm³/mol. The van der Waals surface area contributed by atoms with E-state index in [2.05, 4.69) is 20.8 Å². The standard InChI is InChI=1S/C15H22ClNO2S/c1-15(2,3)13-7-8-17(11-13)20(18,19)14-6-4-5-12(9-14)10-16/h4-6,9,13H,7-8,10-11H2,1-3H3. The number of hydrogen-bond donors (Lipinski definition) is 0. The zero-order valence-electron chi connectivity index (χ0n) is 12.3. The molecule has 0 saturated carbocycles. The molecule has 0 spiro atoms. The maximum atomic E-state index is 12.7. The van der Waals surface area contributed by atoms with E-state index in [-0.39, 0.29) is 5.41 Å². The average Bonchev–Trinajstić information content (AvgIpc) is 2.89. The first-order chi connectivity index (χ1) is 9.25. The van der Waals surface area contributed by atoms with Crippen molar-refractivity contribution >= 4 is 21.6 Å². The summed E-state index contributed by atoms with van der Waals surface area (Å²) in [6, 6.07) is 6.92. The highest BCUT2D eigenvalue weighted by atomic mass is 35.5. The van der Waals surface area contributed by atoms with Gasteiger partial charge in [-0.05, 0) is 35.4 Å². The Hall–Kier alpha value is -0.580. The van der Waals surface area contributed by atoms with Crippen LogP contribution in [0.25, 0.3) is 0 Å². The van der Waals surface area contributed by atoms with Gasteiger partial charge in [-0.15, -0.1) is 11.6 Å². The Morgan fingerprint density at radius 1 is 1.35 bits per heavy atom. The highest BCUT2D eigenvalue weighted by Gasteiger charge is 2.37. The van der Waals surface area contributed by atoms with Gasteiger partial charge in [0.1, 0.15) is 0 Å². The van der Waals surface area contributed by atoms with Crippen LogP contribution < -0.4 is 0 Å². The van der Waals surface area contributed by atoms with Gasteiger partial charge in [0.05, 0.1) is 4.90 Å². The van der Waals surface area contributed by atoms with E-state index in [1.807, 2.05) is 6.07 Å². The summed E-state index contributed by atoms with van der Waals surface area (Å²) in [6.45, 7) is 7.72. The first-order valence-corrected chi connectivity index (χ1v) is 8.87. The summed E-state index contributed by atoms with van der Waals surface area (Å²) in [6.07, 6.45) is 0.928.